The van der Waals surface area contributed by atoms with E-state index in [1.807, 2.05) is 0 Å². The van der Waals surface area contributed by atoms with Gasteiger partial charge in [-0.25, -0.2) is 0 Å². The van der Waals surface area contributed by atoms with Crippen molar-refractivity contribution in [2.45, 2.75) is 60.0 Å². The summed E-state index contributed by atoms with van der Waals surface area (Å²) in [6.07, 6.45) is 1.29. The molecular formula is C14H32N2. The molecule has 0 aliphatic heterocycles. The first-order valence-electron chi connectivity index (χ1n) is 6.78. The van der Waals surface area contributed by atoms with E-state index in [9.17, 15) is 0 Å². The van der Waals surface area contributed by atoms with E-state index in [1.54, 1.807) is 0 Å². The predicted octanol–water partition coefficient (Wildman–Crippen LogP) is 2.99. The molecule has 0 rings (SSSR count). The third kappa shape index (κ3) is 7.24. The highest BCUT2D eigenvalue weighted by Crippen LogP contribution is 2.11. The average Bonchev–Trinajstić information content (AvgIpc) is 2.13. The molecule has 0 heterocycles. The largest absolute Gasteiger partial charge is 0.313 e. The van der Waals surface area contributed by atoms with Gasteiger partial charge in [0, 0.05) is 18.6 Å². The summed E-state index contributed by atoms with van der Waals surface area (Å²) in [5.74, 6) is 1.51. The molecule has 0 aliphatic carbocycles. The van der Waals surface area contributed by atoms with Gasteiger partial charge >= 0.3 is 0 Å². The van der Waals surface area contributed by atoms with Gasteiger partial charge in [-0.05, 0) is 31.8 Å². The van der Waals surface area contributed by atoms with Gasteiger partial charge in [0.1, 0.15) is 0 Å². The normalized spacial score (nSPS) is 14.4. The molecule has 1 unspecified atom stereocenters. The van der Waals surface area contributed by atoms with Crippen LogP contribution in [0.1, 0.15) is 48.0 Å². The minimum absolute atomic E-state index is 0.583. The fourth-order valence-corrected chi connectivity index (χ4v) is 1.88. The molecule has 2 nitrogen and oxygen atoms in total. The molecule has 2 heteroatoms. The van der Waals surface area contributed by atoms with E-state index < -0.39 is 0 Å². The Morgan fingerprint density at radius 3 is 1.94 bits per heavy atom. The molecule has 0 saturated carbocycles. The summed E-state index contributed by atoms with van der Waals surface area (Å²) in [6.45, 7) is 16.0. The summed E-state index contributed by atoms with van der Waals surface area (Å²) >= 11 is 0. The fourth-order valence-electron chi connectivity index (χ4n) is 1.88. The maximum absolute atomic E-state index is 3.55. The second-order valence-electron chi connectivity index (χ2n) is 6.04. The minimum atomic E-state index is 0.583. The molecule has 0 aliphatic rings. The molecule has 0 saturated heterocycles. The fraction of sp³-hybridized carbons (Fsp3) is 1.00. The van der Waals surface area contributed by atoms with E-state index in [-0.39, 0.29) is 0 Å². The number of hydrogen-bond acceptors (Lipinski definition) is 2. The molecular weight excluding hydrogens is 196 g/mol. The highest BCUT2D eigenvalue weighted by atomic mass is 15.2. The van der Waals surface area contributed by atoms with E-state index in [2.05, 4.69) is 58.8 Å². The van der Waals surface area contributed by atoms with Crippen LogP contribution in [0.25, 0.3) is 0 Å². The van der Waals surface area contributed by atoms with E-state index in [0.717, 1.165) is 12.5 Å². The SMILES string of the molecule is CC(C)CCN(C)C(CNC(C)C)C(C)C. The topological polar surface area (TPSA) is 15.3 Å². The van der Waals surface area contributed by atoms with Crippen molar-refractivity contribution >= 4 is 0 Å². The summed E-state index contributed by atoms with van der Waals surface area (Å²) in [5.41, 5.74) is 0. The summed E-state index contributed by atoms with van der Waals surface area (Å²) in [6, 6.07) is 1.24. The zero-order valence-electron chi connectivity index (χ0n) is 12.4. The highest BCUT2D eigenvalue weighted by molar-refractivity contribution is 4.76. The third-order valence-corrected chi connectivity index (χ3v) is 3.13. The Labute approximate surface area is 103 Å². The minimum Gasteiger partial charge on any atom is -0.313 e. The number of nitrogens with zero attached hydrogens (tertiary/aromatic N) is 1. The van der Waals surface area contributed by atoms with Crippen LogP contribution < -0.4 is 5.32 Å². The lowest BCUT2D eigenvalue weighted by Crippen LogP contribution is -2.45. The standard InChI is InChI=1S/C14H32N2/c1-11(2)8-9-16(7)14(12(3)4)10-15-13(5)6/h11-15H,8-10H2,1-7H3. The van der Waals surface area contributed by atoms with Crippen LogP contribution in [0, 0.1) is 11.8 Å². The van der Waals surface area contributed by atoms with E-state index in [1.165, 1.54) is 13.0 Å². The maximum atomic E-state index is 3.55. The predicted molar refractivity (Wildman–Crippen MR) is 73.8 cm³/mol. The lowest BCUT2D eigenvalue weighted by atomic mass is 10.0. The van der Waals surface area contributed by atoms with Gasteiger partial charge in [0.15, 0.2) is 0 Å². The Morgan fingerprint density at radius 1 is 1.00 bits per heavy atom. The summed E-state index contributed by atoms with van der Waals surface area (Å²) < 4.78 is 0. The van der Waals surface area contributed by atoms with E-state index >= 15 is 0 Å². The van der Waals surface area contributed by atoms with E-state index in [0.29, 0.717) is 18.0 Å². The van der Waals surface area contributed by atoms with Gasteiger partial charge in [-0.2, -0.15) is 0 Å². The van der Waals surface area contributed by atoms with Gasteiger partial charge in [-0.3, -0.25) is 0 Å². The van der Waals surface area contributed by atoms with Crippen LogP contribution in [-0.4, -0.2) is 37.1 Å². The van der Waals surface area contributed by atoms with Crippen molar-refractivity contribution in [2.24, 2.45) is 11.8 Å². The van der Waals surface area contributed by atoms with Crippen LogP contribution in [0.3, 0.4) is 0 Å². The second-order valence-corrected chi connectivity index (χ2v) is 6.04. The molecule has 0 fully saturated rings. The van der Waals surface area contributed by atoms with Crippen LogP contribution in [0.15, 0.2) is 0 Å². The Morgan fingerprint density at radius 2 is 1.56 bits per heavy atom. The molecule has 16 heavy (non-hydrogen) atoms. The van der Waals surface area contributed by atoms with Gasteiger partial charge in [0.2, 0.25) is 0 Å². The molecule has 0 spiro atoms. The first kappa shape index (κ1) is 15.9. The van der Waals surface area contributed by atoms with E-state index in [4.69, 9.17) is 0 Å². The maximum Gasteiger partial charge on any atom is 0.0240 e. The van der Waals surface area contributed by atoms with Crippen LogP contribution in [0.2, 0.25) is 0 Å². The summed E-state index contributed by atoms with van der Waals surface area (Å²) in [5, 5.41) is 3.55. The van der Waals surface area contributed by atoms with Crippen LogP contribution in [0.4, 0.5) is 0 Å². The number of likely N-dealkylation sites (N-methyl/N-ethyl adjacent to an activating group) is 1. The smallest absolute Gasteiger partial charge is 0.0240 e. The van der Waals surface area contributed by atoms with Gasteiger partial charge in [-0.1, -0.05) is 41.5 Å². The van der Waals surface area contributed by atoms with Crippen LogP contribution >= 0.6 is 0 Å². The Kier molecular flexibility index (Phi) is 8.04. The Hall–Kier alpha value is -0.0800. The Bertz CT molecular complexity index is 164. The lowest BCUT2D eigenvalue weighted by Gasteiger charge is -2.32. The number of rotatable bonds is 8. The van der Waals surface area contributed by atoms with Crippen molar-refractivity contribution in [3.63, 3.8) is 0 Å². The zero-order valence-corrected chi connectivity index (χ0v) is 12.4. The molecule has 0 aromatic carbocycles. The van der Waals surface area contributed by atoms with Crippen molar-refractivity contribution in [3.8, 4) is 0 Å². The molecule has 1 atom stereocenters. The van der Waals surface area contributed by atoms with Gasteiger partial charge in [0.05, 0.1) is 0 Å². The van der Waals surface area contributed by atoms with Crippen molar-refractivity contribution in [1.29, 1.82) is 0 Å². The molecule has 0 aromatic rings. The molecule has 0 radical (unpaired) electrons. The first-order valence-corrected chi connectivity index (χ1v) is 6.78. The molecule has 0 aromatic heterocycles. The Balaban J connectivity index is 4.08. The van der Waals surface area contributed by atoms with Gasteiger partial charge in [-0.15, -0.1) is 0 Å². The van der Waals surface area contributed by atoms with Gasteiger partial charge < -0.3 is 10.2 Å². The van der Waals surface area contributed by atoms with Crippen LogP contribution in [0.5, 0.6) is 0 Å². The highest BCUT2D eigenvalue weighted by Gasteiger charge is 2.18. The van der Waals surface area contributed by atoms with Gasteiger partial charge in [0.25, 0.3) is 0 Å². The monoisotopic (exact) mass is 228 g/mol. The molecule has 0 bridgehead atoms. The number of hydrogen-bond donors (Lipinski definition) is 1. The first-order chi connectivity index (χ1) is 7.34. The van der Waals surface area contributed by atoms with Crippen LogP contribution in [-0.2, 0) is 0 Å². The van der Waals surface area contributed by atoms with Crippen molar-refractivity contribution in [3.05, 3.63) is 0 Å². The van der Waals surface area contributed by atoms with Crippen molar-refractivity contribution in [2.75, 3.05) is 20.1 Å². The quantitative estimate of drug-likeness (QED) is 0.687. The molecule has 98 valence electrons. The molecule has 0 amide bonds. The molecule has 1 N–H and O–H groups in total. The zero-order chi connectivity index (χ0) is 12.7. The number of nitrogens with one attached hydrogen (secondary N) is 1. The summed E-state index contributed by atoms with van der Waals surface area (Å²) in [4.78, 5) is 2.51. The van der Waals surface area contributed by atoms with Crippen molar-refractivity contribution in [1.82, 2.24) is 10.2 Å². The second kappa shape index (κ2) is 8.08. The van der Waals surface area contributed by atoms with Crippen molar-refractivity contribution < 1.29 is 0 Å². The lowest BCUT2D eigenvalue weighted by molar-refractivity contribution is 0.176. The average molecular weight is 228 g/mol. The summed E-state index contributed by atoms with van der Waals surface area (Å²) in [7, 11) is 2.26. The third-order valence-electron chi connectivity index (χ3n) is 3.13.